The molecule has 6 rings (SSSR count). The number of hydrogen-bond donors (Lipinski definition) is 0. The van der Waals surface area contributed by atoms with Crippen LogP contribution >= 0.6 is 16.8 Å². The maximum atomic E-state index is 3.67. The van der Waals surface area contributed by atoms with Crippen LogP contribution in [0.5, 0.6) is 0 Å². The van der Waals surface area contributed by atoms with Gasteiger partial charge in [-0.25, -0.2) is 0 Å². The average molecular weight is 990 g/mol. The predicted molar refractivity (Wildman–Crippen MR) is 195 cm³/mol. The van der Waals surface area contributed by atoms with E-state index in [1.54, 1.807) is 21.2 Å². The molecule has 4 atom stereocenters. The fourth-order valence-corrected chi connectivity index (χ4v) is 149. The molecule has 2 fully saturated rings. The predicted octanol–water partition coefficient (Wildman–Crippen LogP) is 6.25. The Morgan fingerprint density at radius 3 is 0.700 bits per heavy atom. The van der Waals surface area contributed by atoms with Crippen LogP contribution in [0, 0.1) is 0 Å². The summed E-state index contributed by atoms with van der Waals surface area (Å²) >= 11 is 16.0. The zero-order valence-corrected chi connectivity index (χ0v) is 36.6. The molecule has 0 radical (unpaired) electrons. The first-order valence-corrected chi connectivity index (χ1v) is 37.8. The van der Waals surface area contributed by atoms with E-state index in [1.165, 1.54) is 0 Å². The van der Waals surface area contributed by atoms with Crippen LogP contribution in [0.1, 0.15) is 27.7 Å². The van der Waals surface area contributed by atoms with Crippen LogP contribution in [0.25, 0.3) is 0 Å². The molecule has 4 aromatic carbocycles. The van der Waals surface area contributed by atoms with E-state index < -0.39 is 16.8 Å². The first-order chi connectivity index (χ1) is 18.8. The Balaban J connectivity index is 0.000000161. The van der Waals surface area contributed by atoms with Crippen molar-refractivity contribution in [3.05, 3.63) is 121 Å². The molecule has 0 aromatic heterocycles. The summed E-state index contributed by atoms with van der Waals surface area (Å²) in [4.78, 5) is 0.755. The third-order valence-electron chi connectivity index (χ3n) is 7.73. The van der Waals surface area contributed by atoms with Crippen molar-refractivity contribution in [2.45, 2.75) is 37.5 Å². The topological polar surface area (TPSA) is 0 Å². The second kappa shape index (κ2) is 12.5. The molecule has 208 valence electrons. The molecule has 0 saturated carbocycles. The van der Waals surface area contributed by atoms with E-state index in [1.807, 2.05) is 0 Å². The van der Waals surface area contributed by atoms with E-state index in [4.69, 9.17) is 0 Å². The van der Waals surface area contributed by atoms with Crippen LogP contribution in [-0.4, -0.2) is 98.3 Å². The van der Waals surface area contributed by atoms with Crippen molar-refractivity contribution in [1.29, 1.82) is 0 Å². The standard InChI is InChI=1S/2C15H16P2Se3/c2*1-15(2)16(18,13-9-5-3-6-10-13)20-17(15,19)14-11-7-4-8-12-14/h2*3-12H,1-2H3/t2*16-,17-/m10/s1. The van der Waals surface area contributed by atoms with Crippen molar-refractivity contribution < 1.29 is 0 Å². The zero-order valence-electron chi connectivity index (χ0n) is 22.8. The second-order valence-corrected chi connectivity index (χ2v) is 71.5. The Kier molecular flexibility index (Phi) is 10.3. The Bertz CT molecular complexity index is 1450. The van der Waals surface area contributed by atoms with E-state index in [0.29, 0.717) is 37.9 Å². The molecule has 0 nitrogen and oxygen atoms in total. The first-order valence-electron chi connectivity index (χ1n) is 12.9. The van der Waals surface area contributed by atoms with Gasteiger partial charge in [0, 0.05) is 0 Å². The van der Waals surface area contributed by atoms with Gasteiger partial charge in [-0.3, -0.25) is 0 Å². The summed E-state index contributed by atoms with van der Waals surface area (Å²) in [5, 5.41) is 6.25. The van der Waals surface area contributed by atoms with Gasteiger partial charge in [0.2, 0.25) is 0 Å². The van der Waals surface area contributed by atoms with Gasteiger partial charge in [0.15, 0.2) is 0 Å². The SMILES string of the molecule is CC1(C)[P@@](=[Se])(c2ccccc2)[Se][P@]1(=[Se])c1ccccc1.CC1(C)[P@](=[Se])(c2ccccc2)[Se][P@@]1(=[Se])c1ccccc1. The fourth-order valence-electron chi connectivity index (χ4n) is 4.95. The molecule has 0 unspecified atom stereocenters. The van der Waals surface area contributed by atoms with E-state index >= 15 is 0 Å². The number of benzene rings is 4. The number of rotatable bonds is 4. The Morgan fingerprint density at radius 2 is 0.550 bits per heavy atom. The average Bonchev–Trinajstić information content (AvgIpc) is 2.99. The van der Waals surface area contributed by atoms with Gasteiger partial charge in [-0.1, -0.05) is 0 Å². The van der Waals surface area contributed by atoms with Crippen molar-refractivity contribution in [2.75, 3.05) is 0 Å². The minimum absolute atomic E-state index is 0.378. The van der Waals surface area contributed by atoms with Crippen molar-refractivity contribution in [1.82, 2.24) is 0 Å². The molecule has 40 heavy (non-hydrogen) atoms. The molecule has 10 heteroatoms. The van der Waals surface area contributed by atoms with Gasteiger partial charge in [-0.05, 0) is 0 Å². The summed E-state index contributed by atoms with van der Waals surface area (Å²) in [5.74, 6) is 0. The van der Waals surface area contributed by atoms with Gasteiger partial charge in [-0.2, -0.15) is 0 Å². The Morgan fingerprint density at radius 1 is 0.375 bits per heavy atom. The van der Waals surface area contributed by atoms with E-state index in [9.17, 15) is 0 Å². The van der Waals surface area contributed by atoms with E-state index in [0.717, 1.165) is 0 Å². The maximum absolute atomic E-state index is 3.67. The van der Waals surface area contributed by atoms with E-state index in [-0.39, 0.29) is 0 Å². The van der Waals surface area contributed by atoms with Gasteiger partial charge in [0.05, 0.1) is 0 Å². The Hall–Kier alpha value is 1.72. The Labute approximate surface area is 282 Å². The summed E-state index contributed by atoms with van der Waals surface area (Å²) in [6.45, 7) is 9.92. The zero-order chi connectivity index (χ0) is 28.9. The molecule has 4 aromatic rings. The van der Waals surface area contributed by atoms with Crippen LogP contribution in [0.3, 0.4) is 0 Å². The fraction of sp³-hybridized carbons (Fsp3) is 0.200. The molecule has 0 spiro atoms. The third kappa shape index (κ3) is 5.33. The second-order valence-electron chi connectivity index (χ2n) is 10.7. The normalized spacial score (nSPS) is 31.5. The summed E-state index contributed by atoms with van der Waals surface area (Å²) in [6, 6.07) is 44.5. The van der Waals surface area contributed by atoms with Gasteiger partial charge in [0.25, 0.3) is 0 Å². The third-order valence-corrected chi connectivity index (χ3v) is 109. The van der Waals surface area contributed by atoms with Gasteiger partial charge >= 0.3 is 285 Å². The van der Waals surface area contributed by atoms with Crippen LogP contribution < -0.4 is 21.2 Å². The summed E-state index contributed by atoms with van der Waals surface area (Å²) in [6.07, 6.45) is 0. The molecular weight excluding hydrogens is 958 g/mol. The van der Waals surface area contributed by atoms with Crippen molar-refractivity contribution >= 4 is 127 Å². The number of hydrogen-bond acceptors (Lipinski definition) is 0. The van der Waals surface area contributed by atoms with Crippen molar-refractivity contribution in [3.63, 3.8) is 0 Å². The van der Waals surface area contributed by atoms with Crippen molar-refractivity contribution in [2.24, 2.45) is 0 Å². The van der Waals surface area contributed by atoms with Gasteiger partial charge < -0.3 is 0 Å². The molecule has 2 heterocycles. The molecule has 2 aliphatic rings. The van der Waals surface area contributed by atoms with Crippen LogP contribution in [0.4, 0.5) is 0 Å². The molecule has 0 bridgehead atoms. The molecule has 0 amide bonds. The van der Waals surface area contributed by atoms with Crippen LogP contribution in [0.15, 0.2) is 121 Å². The molecular formula is C30H32P4Se6. The summed E-state index contributed by atoms with van der Waals surface area (Å²) < 4.78 is -4.52. The quantitative estimate of drug-likeness (QED) is 0.168. The van der Waals surface area contributed by atoms with Crippen LogP contribution in [-0.2, 0) is 0 Å². The van der Waals surface area contributed by atoms with E-state index in [2.05, 4.69) is 209 Å². The summed E-state index contributed by atoms with van der Waals surface area (Å²) in [5.41, 5.74) is 0. The van der Waals surface area contributed by atoms with Gasteiger partial charge in [-0.15, -0.1) is 0 Å². The van der Waals surface area contributed by atoms with Crippen molar-refractivity contribution in [3.8, 4) is 0 Å². The van der Waals surface area contributed by atoms with Gasteiger partial charge in [0.1, 0.15) is 0 Å². The first kappa shape index (κ1) is 33.1. The summed E-state index contributed by atoms with van der Waals surface area (Å²) in [7, 11) is 0. The monoisotopic (exact) mass is 996 g/mol. The molecule has 2 aliphatic heterocycles. The van der Waals surface area contributed by atoms with Crippen LogP contribution in [0.2, 0.25) is 0 Å². The molecule has 0 N–H and O–H groups in total. The minimum atomic E-state index is -1.13. The molecule has 0 aliphatic carbocycles. The molecule has 2 saturated heterocycles.